The minimum Gasteiger partial charge on any atom is -0.337 e. The van der Waals surface area contributed by atoms with E-state index in [4.69, 9.17) is 0 Å². The molecule has 0 saturated heterocycles. The molecule has 0 amide bonds. The Morgan fingerprint density at radius 1 is 0.800 bits per heavy atom. The Balaban J connectivity index is 1.82. The van der Waals surface area contributed by atoms with Crippen LogP contribution in [0.2, 0.25) is 0 Å². The van der Waals surface area contributed by atoms with E-state index in [0.717, 1.165) is 22.4 Å². The van der Waals surface area contributed by atoms with Crippen molar-refractivity contribution in [3.05, 3.63) is 107 Å². The van der Waals surface area contributed by atoms with Crippen molar-refractivity contribution >= 4 is 15.7 Å². The topological polar surface area (TPSA) is 40.6 Å². The van der Waals surface area contributed by atoms with E-state index in [-0.39, 0.29) is 6.04 Å². The van der Waals surface area contributed by atoms with Crippen LogP contribution in [0.4, 0.5) is 5.69 Å². The van der Waals surface area contributed by atoms with E-state index in [1.54, 1.807) is 12.1 Å². The molecule has 0 aromatic heterocycles. The second-order valence-corrected chi connectivity index (χ2v) is 9.60. The monoisotopic (exact) mass is 418 g/mol. The summed E-state index contributed by atoms with van der Waals surface area (Å²) in [6.45, 7) is 6.23. The van der Waals surface area contributed by atoms with E-state index in [1.807, 2.05) is 62.5 Å². The average Bonchev–Trinajstić information content (AvgIpc) is 2.75. The van der Waals surface area contributed by atoms with Gasteiger partial charge in [0, 0.05) is 17.6 Å². The largest absolute Gasteiger partial charge is 0.337 e. The van der Waals surface area contributed by atoms with Gasteiger partial charge in [-0.3, -0.25) is 4.31 Å². The van der Waals surface area contributed by atoms with Crippen molar-refractivity contribution in [2.24, 2.45) is 0 Å². The molecule has 0 aliphatic carbocycles. The molecule has 0 radical (unpaired) electrons. The summed E-state index contributed by atoms with van der Waals surface area (Å²) in [5.41, 5.74) is 5.04. The van der Waals surface area contributed by atoms with Gasteiger partial charge in [0.1, 0.15) is 0 Å². The quantitative estimate of drug-likeness (QED) is 0.568. The van der Waals surface area contributed by atoms with Gasteiger partial charge in [-0.05, 0) is 56.2 Å². The summed E-state index contributed by atoms with van der Waals surface area (Å²) < 4.78 is 28.5. The number of allylic oxidation sites excluding steroid dienone is 1. The number of nitrogens with zero attached hydrogens (tertiary/aromatic N) is 2. The molecule has 3 aromatic rings. The maximum absolute atomic E-state index is 13.5. The van der Waals surface area contributed by atoms with Crippen molar-refractivity contribution in [2.45, 2.75) is 31.7 Å². The van der Waals surface area contributed by atoms with Crippen LogP contribution in [0, 0.1) is 13.8 Å². The molecule has 1 heterocycles. The predicted molar refractivity (Wildman–Crippen MR) is 122 cm³/mol. The lowest BCUT2D eigenvalue weighted by molar-refractivity contribution is 0.420. The Morgan fingerprint density at radius 2 is 1.43 bits per heavy atom. The Kier molecular flexibility index (Phi) is 5.39. The van der Waals surface area contributed by atoms with Gasteiger partial charge in [-0.2, -0.15) is 0 Å². The zero-order valence-electron chi connectivity index (χ0n) is 17.5. The minimum absolute atomic E-state index is 0.127. The van der Waals surface area contributed by atoms with E-state index >= 15 is 0 Å². The Bertz CT molecular complexity index is 1170. The van der Waals surface area contributed by atoms with Crippen molar-refractivity contribution in [3.63, 3.8) is 0 Å². The van der Waals surface area contributed by atoms with Crippen LogP contribution < -0.4 is 4.90 Å². The molecule has 0 saturated carbocycles. The molecule has 0 N–H and O–H groups in total. The van der Waals surface area contributed by atoms with Crippen molar-refractivity contribution in [3.8, 4) is 0 Å². The highest BCUT2D eigenvalue weighted by atomic mass is 32.2. The molecule has 1 unspecified atom stereocenters. The van der Waals surface area contributed by atoms with Gasteiger partial charge in [-0.15, -0.1) is 0 Å². The smallest absolute Gasteiger partial charge is 0.264 e. The van der Waals surface area contributed by atoms with Crippen LogP contribution in [0.1, 0.15) is 29.7 Å². The third-order valence-electron chi connectivity index (χ3n) is 5.60. The second kappa shape index (κ2) is 8.00. The van der Waals surface area contributed by atoms with E-state index in [9.17, 15) is 8.42 Å². The molecule has 1 atom stereocenters. The molecular weight excluding hydrogens is 392 g/mol. The van der Waals surface area contributed by atoms with Gasteiger partial charge in [0.15, 0.2) is 0 Å². The van der Waals surface area contributed by atoms with Gasteiger partial charge in [0.05, 0.1) is 17.5 Å². The Labute approximate surface area is 179 Å². The van der Waals surface area contributed by atoms with Gasteiger partial charge in [0.2, 0.25) is 0 Å². The van der Waals surface area contributed by atoms with Crippen molar-refractivity contribution < 1.29 is 8.42 Å². The first-order chi connectivity index (χ1) is 14.4. The van der Waals surface area contributed by atoms with Crippen LogP contribution in [0.5, 0.6) is 0 Å². The summed E-state index contributed by atoms with van der Waals surface area (Å²) in [5.74, 6) is 0. The third-order valence-corrected chi connectivity index (χ3v) is 7.49. The molecule has 4 rings (SSSR count). The zero-order valence-corrected chi connectivity index (χ0v) is 18.3. The Morgan fingerprint density at radius 3 is 2.10 bits per heavy atom. The highest BCUT2D eigenvalue weighted by molar-refractivity contribution is 7.89. The number of benzene rings is 3. The van der Waals surface area contributed by atoms with E-state index < -0.39 is 10.0 Å². The molecule has 0 spiro atoms. The highest BCUT2D eigenvalue weighted by Gasteiger charge is 2.35. The molecule has 1 aliphatic rings. The molecule has 1 aliphatic heterocycles. The molecule has 5 heteroatoms. The highest BCUT2D eigenvalue weighted by Crippen LogP contribution is 2.37. The standard InChI is InChI=1S/C25H26N2O2S/c1-19-13-15-23(16-14-19)30(28,29)27-18-25(24-12-8-7-9-20(24)2)26(17-21(27)3)22-10-5-4-6-11-22/h4-17,25H,18H2,1-3H3. The summed E-state index contributed by atoms with van der Waals surface area (Å²) in [6.07, 6.45) is 1.95. The van der Waals surface area contributed by atoms with Crippen LogP contribution >= 0.6 is 0 Å². The van der Waals surface area contributed by atoms with Gasteiger partial charge < -0.3 is 4.90 Å². The van der Waals surface area contributed by atoms with Crippen LogP contribution in [0.3, 0.4) is 0 Å². The number of aryl methyl sites for hydroxylation is 2. The molecule has 0 fully saturated rings. The van der Waals surface area contributed by atoms with Crippen molar-refractivity contribution in [2.75, 3.05) is 11.4 Å². The fourth-order valence-corrected chi connectivity index (χ4v) is 5.43. The molecule has 4 nitrogen and oxygen atoms in total. The van der Waals surface area contributed by atoms with Crippen LogP contribution in [-0.2, 0) is 10.0 Å². The first-order valence-electron chi connectivity index (χ1n) is 10.0. The van der Waals surface area contributed by atoms with E-state index in [0.29, 0.717) is 17.1 Å². The maximum Gasteiger partial charge on any atom is 0.264 e. The normalized spacial score (nSPS) is 17.0. The van der Waals surface area contributed by atoms with Gasteiger partial charge in [-0.25, -0.2) is 8.42 Å². The lowest BCUT2D eigenvalue weighted by Crippen LogP contribution is -2.43. The summed E-state index contributed by atoms with van der Waals surface area (Å²) in [5, 5.41) is 0. The molecule has 30 heavy (non-hydrogen) atoms. The summed E-state index contributed by atoms with van der Waals surface area (Å²) in [7, 11) is -3.65. The fraction of sp³-hybridized carbons (Fsp3) is 0.200. The Hall–Kier alpha value is -3.05. The fourth-order valence-electron chi connectivity index (χ4n) is 3.93. The van der Waals surface area contributed by atoms with Gasteiger partial charge in [-0.1, -0.05) is 60.2 Å². The van der Waals surface area contributed by atoms with Crippen molar-refractivity contribution in [1.82, 2.24) is 4.31 Å². The van der Waals surface area contributed by atoms with E-state index in [1.165, 1.54) is 4.31 Å². The lowest BCUT2D eigenvalue weighted by atomic mass is 9.98. The number of sulfonamides is 1. The zero-order chi connectivity index (χ0) is 21.3. The number of hydrogen-bond donors (Lipinski definition) is 0. The lowest BCUT2D eigenvalue weighted by Gasteiger charge is -2.41. The van der Waals surface area contributed by atoms with Gasteiger partial charge in [0.25, 0.3) is 10.0 Å². The maximum atomic E-state index is 13.5. The number of anilines is 1. The molecule has 0 bridgehead atoms. The average molecular weight is 419 g/mol. The summed E-state index contributed by atoms with van der Waals surface area (Å²) in [4.78, 5) is 2.50. The summed E-state index contributed by atoms with van der Waals surface area (Å²) >= 11 is 0. The molecular formula is C25H26N2O2S. The van der Waals surface area contributed by atoms with Crippen LogP contribution in [0.15, 0.2) is 95.7 Å². The third kappa shape index (κ3) is 3.73. The summed E-state index contributed by atoms with van der Waals surface area (Å²) in [6, 6.07) is 25.2. The number of para-hydroxylation sites is 1. The van der Waals surface area contributed by atoms with Crippen LogP contribution in [-0.4, -0.2) is 19.3 Å². The first kappa shape index (κ1) is 20.2. The van der Waals surface area contributed by atoms with Gasteiger partial charge >= 0.3 is 0 Å². The van der Waals surface area contributed by atoms with Crippen molar-refractivity contribution in [1.29, 1.82) is 0 Å². The number of hydrogen-bond acceptors (Lipinski definition) is 3. The minimum atomic E-state index is -3.65. The molecule has 3 aromatic carbocycles. The van der Waals surface area contributed by atoms with Crippen LogP contribution in [0.25, 0.3) is 0 Å². The predicted octanol–water partition coefficient (Wildman–Crippen LogP) is 5.42. The first-order valence-corrected chi connectivity index (χ1v) is 11.5. The number of rotatable bonds is 4. The SMILES string of the molecule is CC1=CN(c2ccccc2)C(c2ccccc2C)CN1S(=O)(=O)c1ccc(C)cc1. The second-order valence-electron chi connectivity index (χ2n) is 7.73. The molecule has 154 valence electrons. The van der Waals surface area contributed by atoms with E-state index in [2.05, 4.69) is 36.1 Å².